The number of hydrogen-bond donors (Lipinski definition) is 2. The van der Waals surface area contributed by atoms with Gasteiger partial charge in [0.1, 0.15) is 0 Å². The summed E-state index contributed by atoms with van der Waals surface area (Å²) < 4.78 is 0. The van der Waals surface area contributed by atoms with Crippen molar-refractivity contribution in [3.8, 4) is 0 Å². The van der Waals surface area contributed by atoms with E-state index in [9.17, 15) is 0 Å². The standard InChI is InChI=1S/C15H22N2/c16-11-15(7-8-15)14-5-3-12(4-6-14)13-2-1-9-17-10-13/h3-6,13,17H,1-2,7-11,16H2. The van der Waals surface area contributed by atoms with Crippen LogP contribution >= 0.6 is 0 Å². The molecule has 0 bridgehead atoms. The Hall–Kier alpha value is -0.860. The third-order valence-electron chi connectivity index (χ3n) is 4.54. The molecule has 3 N–H and O–H groups in total. The van der Waals surface area contributed by atoms with Crippen molar-refractivity contribution < 1.29 is 0 Å². The first kappa shape index (κ1) is 11.2. The molecule has 1 aliphatic heterocycles. The predicted octanol–water partition coefficient (Wildman–Crippen LogP) is 2.14. The SMILES string of the molecule is NCC1(c2ccc(C3CCCNC3)cc2)CC1. The molecule has 1 unspecified atom stereocenters. The van der Waals surface area contributed by atoms with Gasteiger partial charge < -0.3 is 11.1 Å². The highest BCUT2D eigenvalue weighted by Crippen LogP contribution is 2.47. The van der Waals surface area contributed by atoms with Crippen molar-refractivity contribution in [2.45, 2.75) is 37.0 Å². The van der Waals surface area contributed by atoms with Crippen LogP contribution in [-0.2, 0) is 5.41 Å². The van der Waals surface area contributed by atoms with Gasteiger partial charge in [0.2, 0.25) is 0 Å². The summed E-state index contributed by atoms with van der Waals surface area (Å²) in [5, 5.41) is 3.48. The second-order valence-corrected chi connectivity index (χ2v) is 5.65. The van der Waals surface area contributed by atoms with E-state index in [-0.39, 0.29) is 0 Å². The lowest BCUT2D eigenvalue weighted by atomic mass is 9.88. The predicted molar refractivity (Wildman–Crippen MR) is 71.3 cm³/mol. The van der Waals surface area contributed by atoms with E-state index in [4.69, 9.17) is 5.73 Å². The van der Waals surface area contributed by atoms with Gasteiger partial charge in [0, 0.05) is 18.5 Å². The first-order chi connectivity index (χ1) is 8.34. The summed E-state index contributed by atoms with van der Waals surface area (Å²) in [6.07, 6.45) is 5.18. The molecule has 2 heteroatoms. The minimum Gasteiger partial charge on any atom is -0.330 e. The van der Waals surface area contributed by atoms with Crippen LogP contribution in [0.15, 0.2) is 24.3 Å². The molecule has 0 amide bonds. The summed E-state index contributed by atoms with van der Waals surface area (Å²) >= 11 is 0. The Balaban J connectivity index is 1.75. The molecule has 2 aliphatic rings. The van der Waals surface area contributed by atoms with Crippen LogP contribution in [0.2, 0.25) is 0 Å². The first-order valence-corrected chi connectivity index (χ1v) is 6.85. The topological polar surface area (TPSA) is 38.0 Å². The fraction of sp³-hybridized carbons (Fsp3) is 0.600. The number of piperidine rings is 1. The summed E-state index contributed by atoms with van der Waals surface area (Å²) in [5.41, 5.74) is 9.15. The van der Waals surface area contributed by atoms with Crippen molar-refractivity contribution >= 4 is 0 Å². The molecule has 1 atom stereocenters. The van der Waals surface area contributed by atoms with Crippen LogP contribution in [0.1, 0.15) is 42.7 Å². The van der Waals surface area contributed by atoms with Gasteiger partial charge in [-0.25, -0.2) is 0 Å². The van der Waals surface area contributed by atoms with Gasteiger partial charge in [0.05, 0.1) is 0 Å². The van der Waals surface area contributed by atoms with Crippen molar-refractivity contribution in [1.82, 2.24) is 5.32 Å². The van der Waals surface area contributed by atoms with Crippen molar-refractivity contribution in [2.75, 3.05) is 19.6 Å². The van der Waals surface area contributed by atoms with E-state index in [1.807, 2.05) is 0 Å². The van der Waals surface area contributed by atoms with E-state index < -0.39 is 0 Å². The monoisotopic (exact) mass is 230 g/mol. The van der Waals surface area contributed by atoms with Crippen LogP contribution in [-0.4, -0.2) is 19.6 Å². The summed E-state index contributed by atoms with van der Waals surface area (Å²) in [5.74, 6) is 0.714. The molecule has 1 saturated heterocycles. The Morgan fingerprint density at radius 3 is 2.53 bits per heavy atom. The normalized spacial score (nSPS) is 26.8. The van der Waals surface area contributed by atoms with Crippen molar-refractivity contribution in [3.05, 3.63) is 35.4 Å². The van der Waals surface area contributed by atoms with Crippen molar-refractivity contribution in [1.29, 1.82) is 0 Å². The molecular formula is C15H22N2. The summed E-state index contributed by atoms with van der Waals surface area (Å²) in [6.45, 7) is 3.13. The maximum Gasteiger partial charge on any atom is 0.00762 e. The average molecular weight is 230 g/mol. The fourth-order valence-corrected chi connectivity index (χ4v) is 3.01. The van der Waals surface area contributed by atoms with Crippen LogP contribution in [0.25, 0.3) is 0 Å². The zero-order valence-corrected chi connectivity index (χ0v) is 10.4. The van der Waals surface area contributed by atoms with Crippen molar-refractivity contribution in [3.63, 3.8) is 0 Å². The maximum atomic E-state index is 5.87. The van der Waals surface area contributed by atoms with Gasteiger partial charge in [-0.2, -0.15) is 0 Å². The highest BCUT2D eigenvalue weighted by molar-refractivity contribution is 5.35. The Morgan fingerprint density at radius 1 is 1.24 bits per heavy atom. The highest BCUT2D eigenvalue weighted by atomic mass is 14.9. The Kier molecular flexibility index (Phi) is 2.93. The number of benzene rings is 1. The molecule has 1 saturated carbocycles. The zero-order valence-electron chi connectivity index (χ0n) is 10.4. The molecule has 1 aliphatic carbocycles. The average Bonchev–Trinajstić information content (AvgIpc) is 3.21. The maximum absolute atomic E-state index is 5.87. The molecule has 1 aromatic carbocycles. The van der Waals surface area contributed by atoms with Gasteiger partial charge in [-0.3, -0.25) is 0 Å². The van der Waals surface area contributed by atoms with E-state index in [0.717, 1.165) is 13.1 Å². The van der Waals surface area contributed by atoms with Crippen LogP contribution in [0.3, 0.4) is 0 Å². The Labute approximate surface area is 104 Å². The number of nitrogens with two attached hydrogens (primary N) is 1. The van der Waals surface area contributed by atoms with Crippen LogP contribution < -0.4 is 11.1 Å². The lowest BCUT2D eigenvalue weighted by molar-refractivity contribution is 0.461. The Morgan fingerprint density at radius 2 is 2.00 bits per heavy atom. The van der Waals surface area contributed by atoms with Crippen LogP contribution in [0.5, 0.6) is 0 Å². The van der Waals surface area contributed by atoms with E-state index >= 15 is 0 Å². The van der Waals surface area contributed by atoms with Crippen LogP contribution in [0.4, 0.5) is 0 Å². The quantitative estimate of drug-likeness (QED) is 0.835. The molecule has 3 rings (SSSR count). The molecule has 17 heavy (non-hydrogen) atoms. The smallest absolute Gasteiger partial charge is 0.00762 e. The lowest BCUT2D eigenvalue weighted by Gasteiger charge is -2.23. The Bertz CT molecular complexity index is 372. The van der Waals surface area contributed by atoms with E-state index in [1.165, 1.54) is 43.4 Å². The second-order valence-electron chi connectivity index (χ2n) is 5.65. The molecule has 2 nitrogen and oxygen atoms in total. The lowest BCUT2D eigenvalue weighted by Crippen LogP contribution is -2.28. The number of rotatable bonds is 3. The molecule has 2 fully saturated rings. The number of hydrogen-bond acceptors (Lipinski definition) is 2. The minimum absolute atomic E-state index is 0.337. The molecule has 1 aromatic rings. The second kappa shape index (κ2) is 4.43. The fourth-order valence-electron chi connectivity index (χ4n) is 3.01. The molecular weight excluding hydrogens is 208 g/mol. The van der Waals surface area contributed by atoms with E-state index in [2.05, 4.69) is 29.6 Å². The van der Waals surface area contributed by atoms with Gasteiger partial charge in [-0.05, 0) is 49.3 Å². The third kappa shape index (κ3) is 2.12. The summed E-state index contributed by atoms with van der Waals surface area (Å²) in [4.78, 5) is 0. The van der Waals surface area contributed by atoms with E-state index in [1.54, 1.807) is 0 Å². The number of nitrogens with one attached hydrogen (secondary N) is 1. The van der Waals surface area contributed by atoms with Gasteiger partial charge in [-0.1, -0.05) is 24.3 Å². The highest BCUT2D eigenvalue weighted by Gasteiger charge is 2.42. The van der Waals surface area contributed by atoms with Gasteiger partial charge >= 0.3 is 0 Å². The van der Waals surface area contributed by atoms with Gasteiger partial charge in [0.25, 0.3) is 0 Å². The molecule has 0 spiro atoms. The summed E-state index contributed by atoms with van der Waals surface area (Å²) in [6, 6.07) is 9.26. The first-order valence-electron chi connectivity index (χ1n) is 6.85. The van der Waals surface area contributed by atoms with Crippen molar-refractivity contribution in [2.24, 2.45) is 5.73 Å². The molecule has 1 heterocycles. The third-order valence-corrected chi connectivity index (χ3v) is 4.54. The minimum atomic E-state index is 0.337. The molecule has 0 radical (unpaired) electrons. The van der Waals surface area contributed by atoms with E-state index in [0.29, 0.717) is 11.3 Å². The summed E-state index contributed by atoms with van der Waals surface area (Å²) in [7, 11) is 0. The molecule has 0 aromatic heterocycles. The molecule has 92 valence electrons. The largest absolute Gasteiger partial charge is 0.330 e. The van der Waals surface area contributed by atoms with Gasteiger partial charge in [0.15, 0.2) is 0 Å². The zero-order chi connectivity index (χ0) is 11.7. The van der Waals surface area contributed by atoms with Crippen LogP contribution in [0, 0.1) is 0 Å². The van der Waals surface area contributed by atoms with Gasteiger partial charge in [-0.15, -0.1) is 0 Å².